The van der Waals surface area contributed by atoms with E-state index in [-0.39, 0.29) is 59.9 Å². The Morgan fingerprint density at radius 3 is 2.69 bits per heavy atom. The number of nitro groups is 1. The molecule has 4 aromatic rings. The molecule has 1 amide bonds. The quantitative estimate of drug-likeness (QED) is 0.122. The number of ether oxygens (including phenoxy) is 2. The third-order valence-electron chi connectivity index (χ3n) is 7.59. The fraction of sp³-hybridized carbons (Fsp3) is 0.214. The van der Waals surface area contributed by atoms with Crippen LogP contribution in [0, 0.1) is 15.9 Å². The van der Waals surface area contributed by atoms with Crippen molar-refractivity contribution in [3.63, 3.8) is 0 Å². The fourth-order valence-electron chi connectivity index (χ4n) is 5.34. The van der Waals surface area contributed by atoms with E-state index < -0.39 is 34.0 Å². The van der Waals surface area contributed by atoms with Gasteiger partial charge in [0.05, 0.1) is 39.6 Å². The molecule has 1 atom stereocenters. The molecule has 0 saturated heterocycles. The first-order valence-electron chi connectivity index (χ1n) is 12.8. The zero-order valence-electron chi connectivity index (χ0n) is 22.0. The van der Waals surface area contributed by atoms with E-state index in [2.05, 4.69) is 10.3 Å². The third kappa shape index (κ3) is 4.11. The highest BCUT2D eigenvalue weighted by Gasteiger charge is 2.45. The number of aromatic nitrogens is 2. The highest BCUT2D eigenvalue weighted by molar-refractivity contribution is 5.91. The Balaban J connectivity index is 1.42. The van der Waals surface area contributed by atoms with Crippen molar-refractivity contribution in [2.45, 2.75) is 38.6 Å². The van der Waals surface area contributed by atoms with Gasteiger partial charge in [0, 0.05) is 41.3 Å². The minimum atomic E-state index is -2.02. The molecule has 13 nitrogen and oxygen atoms in total. The van der Waals surface area contributed by atoms with Crippen molar-refractivity contribution in [2.75, 3.05) is 5.73 Å². The maximum atomic E-state index is 14.5. The number of anilines is 1. The number of carbonyl (C=O) groups is 2. The molecule has 2 aliphatic heterocycles. The Bertz CT molecular complexity index is 1910. The van der Waals surface area contributed by atoms with E-state index in [0.717, 1.165) is 6.07 Å². The summed E-state index contributed by atoms with van der Waals surface area (Å²) >= 11 is 0. The molecule has 2 aromatic carbocycles. The second-order valence-corrected chi connectivity index (χ2v) is 9.91. The van der Waals surface area contributed by atoms with Crippen molar-refractivity contribution in [3.05, 3.63) is 91.0 Å². The summed E-state index contributed by atoms with van der Waals surface area (Å²) in [6.07, 6.45) is -0.902. The monoisotopic (exact) mass is 575 g/mol. The number of non-ortho nitro benzene ring substituents is 1. The van der Waals surface area contributed by atoms with Crippen molar-refractivity contribution in [1.82, 2.24) is 14.9 Å². The number of nitrogens with zero attached hydrogens (tertiary/aromatic N) is 3. The van der Waals surface area contributed by atoms with Gasteiger partial charge in [-0.2, -0.15) is 0 Å². The van der Waals surface area contributed by atoms with E-state index in [0.29, 0.717) is 27.9 Å². The highest BCUT2D eigenvalue weighted by Crippen LogP contribution is 2.40. The number of halogens is 1. The summed E-state index contributed by atoms with van der Waals surface area (Å²) in [6, 6.07) is 8.98. The topological polar surface area (TPSA) is 189 Å². The maximum Gasteiger partial charge on any atom is 0.412 e. The predicted octanol–water partition coefficient (Wildman–Crippen LogP) is 3.00. The number of nitrogens with two attached hydrogens (primary N) is 1. The minimum absolute atomic E-state index is 0.0315. The molecule has 0 unspecified atom stereocenters. The number of hydrogen-bond donors (Lipinski definition) is 3. The van der Waals surface area contributed by atoms with Gasteiger partial charge in [0.2, 0.25) is 0 Å². The fourth-order valence-corrected chi connectivity index (χ4v) is 5.34. The van der Waals surface area contributed by atoms with Crippen molar-refractivity contribution in [1.29, 1.82) is 0 Å². The average molecular weight is 576 g/mol. The molecule has 2 aromatic heterocycles. The van der Waals surface area contributed by atoms with Crippen LogP contribution in [0.25, 0.3) is 22.3 Å². The highest BCUT2D eigenvalue weighted by atomic mass is 19.1. The molecule has 0 saturated carbocycles. The average Bonchev–Trinajstić information content (AvgIpc) is 3.33. The summed E-state index contributed by atoms with van der Waals surface area (Å²) in [4.78, 5) is 53.6. The molecule has 0 spiro atoms. The number of nitrogen functional groups attached to an aromatic ring is 1. The number of pyridine rings is 2. The van der Waals surface area contributed by atoms with E-state index in [1.54, 1.807) is 6.92 Å². The van der Waals surface area contributed by atoms with Gasteiger partial charge in [0.25, 0.3) is 11.2 Å². The smallest absolute Gasteiger partial charge is 0.412 e. The number of hydrogen-bond acceptors (Lipinski definition) is 10. The molecule has 2 aliphatic rings. The Kier molecular flexibility index (Phi) is 6.15. The first kappa shape index (κ1) is 26.8. The van der Waals surface area contributed by atoms with E-state index in [1.807, 2.05) is 0 Å². The number of nitro benzene ring substituents is 1. The SMILES string of the molecule is CC[C@@]1(O)C(=O)OCc2c1cc1n(c2=O)Cc2c-1nc1cc(F)c(N)cc1c2CNC(=O)Oc1ccc([N+](=O)[O-])cc1. The predicted molar refractivity (Wildman–Crippen MR) is 145 cm³/mol. The van der Waals surface area contributed by atoms with Crippen LogP contribution in [0.4, 0.5) is 20.6 Å². The number of benzene rings is 2. The van der Waals surface area contributed by atoms with Crippen molar-refractivity contribution >= 4 is 34.3 Å². The first-order valence-corrected chi connectivity index (χ1v) is 12.8. The van der Waals surface area contributed by atoms with Crippen molar-refractivity contribution < 1.29 is 33.5 Å². The van der Waals surface area contributed by atoms with Gasteiger partial charge in [-0.3, -0.25) is 14.9 Å². The lowest BCUT2D eigenvalue weighted by atomic mass is 9.86. The molecule has 214 valence electrons. The summed E-state index contributed by atoms with van der Waals surface area (Å²) in [5.74, 6) is -1.50. The molecule has 0 fully saturated rings. The molecule has 0 radical (unpaired) electrons. The first-order chi connectivity index (χ1) is 20.0. The summed E-state index contributed by atoms with van der Waals surface area (Å²) in [6.45, 7) is 1.19. The number of esters is 1. The van der Waals surface area contributed by atoms with Crippen LogP contribution in [0.5, 0.6) is 5.75 Å². The van der Waals surface area contributed by atoms with Gasteiger partial charge < -0.3 is 30.2 Å². The molecular formula is C28H22FN5O8. The molecular weight excluding hydrogens is 553 g/mol. The number of rotatable bonds is 5. The van der Waals surface area contributed by atoms with E-state index in [4.69, 9.17) is 15.2 Å². The summed E-state index contributed by atoms with van der Waals surface area (Å²) < 4.78 is 26.3. The Labute approximate surface area is 235 Å². The Morgan fingerprint density at radius 2 is 2.00 bits per heavy atom. The van der Waals surface area contributed by atoms with Gasteiger partial charge in [-0.25, -0.2) is 19.0 Å². The van der Waals surface area contributed by atoms with Crippen LogP contribution in [-0.4, -0.2) is 31.6 Å². The molecule has 6 rings (SSSR count). The van der Waals surface area contributed by atoms with Crippen molar-refractivity contribution in [2.24, 2.45) is 0 Å². The van der Waals surface area contributed by atoms with Gasteiger partial charge in [0.15, 0.2) is 5.60 Å². The van der Waals surface area contributed by atoms with Crippen LogP contribution in [0.3, 0.4) is 0 Å². The number of amides is 1. The molecule has 0 bridgehead atoms. The number of fused-ring (bicyclic) bond motifs is 5. The molecule has 4 N–H and O–H groups in total. The molecule has 14 heteroatoms. The van der Waals surface area contributed by atoms with Crippen LogP contribution in [0.15, 0.2) is 47.3 Å². The van der Waals surface area contributed by atoms with Crippen LogP contribution in [0.1, 0.15) is 35.6 Å². The number of aliphatic hydroxyl groups is 1. The van der Waals surface area contributed by atoms with Crippen molar-refractivity contribution in [3.8, 4) is 17.1 Å². The van der Waals surface area contributed by atoms with Crippen LogP contribution >= 0.6 is 0 Å². The summed E-state index contributed by atoms with van der Waals surface area (Å²) in [5.41, 5.74) is 5.14. The van der Waals surface area contributed by atoms with Gasteiger partial charge in [0.1, 0.15) is 18.2 Å². The largest absolute Gasteiger partial charge is 0.458 e. The zero-order chi connectivity index (χ0) is 29.9. The van der Waals surface area contributed by atoms with Crippen LogP contribution < -0.4 is 21.3 Å². The Morgan fingerprint density at radius 1 is 1.26 bits per heavy atom. The van der Waals surface area contributed by atoms with Gasteiger partial charge in [-0.15, -0.1) is 0 Å². The lowest BCUT2D eigenvalue weighted by Crippen LogP contribution is -2.44. The number of nitrogens with one attached hydrogen (secondary N) is 1. The lowest BCUT2D eigenvalue weighted by Gasteiger charge is -2.31. The standard InChI is InChI=1S/C28H22FN5O8/c1-2-28(38)19-8-23-24-17(11-33(23)25(35)18(19)12-41-26(28)36)16(15-7-21(30)20(29)9-22(15)32-24)10-31-27(37)42-14-5-3-13(4-6-14)34(39)40/h3-9,38H,2,10-12,30H2,1H3,(H,31,37)/t28-/m0/s1. The van der Waals surface area contributed by atoms with Crippen LogP contribution in [0.2, 0.25) is 0 Å². The third-order valence-corrected chi connectivity index (χ3v) is 7.59. The van der Waals surface area contributed by atoms with E-state index >= 15 is 0 Å². The number of cyclic esters (lactones) is 1. The molecule has 42 heavy (non-hydrogen) atoms. The normalized spacial score (nSPS) is 16.8. The summed E-state index contributed by atoms with van der Waals surface area (Å²) in [5, 5.41) is 25.0. The lowest BCUT2D eigenvalue weighted by molar-refractivity contribution is -0.384. The van der Waals surface area contributed by atoms with Gasteiger partial charge in [-0.05, 0) is 36.2 Å². The van der Waals surface area contributed by atoms with Crippen LogP contribution in [-0.2, 0) is 34.8 Å². The van der Waals surface area contributed by atoms with Gasteiger partial charge >= 0.3 is 12.1 Å². The molecule has 4 heterocycles. The summed E-state index contributed by atoms with van der Waals surface area (Å²) in [7, 11) is 0. The maximum absolute atomic E-state index is 14.5. The van der Waals surface area contributed by atoms with E-state index in [1.165, 1.54) is 41.0 Å². The minimum Gasteiger partial charge on any atom is -0.458 e. The Hall–Kier alpha value is -5.37. The number of carbonyl (C=O) groups excluding carboxylic acids is 2. The van der Waals surface area contributed by atoms with Gasteiger partial charge in [-0.1, -0.05) is 6.92 Å². The second kappa shape index (κ2) is 9.62. The second-order valence-electron chi connectivity index (χ2n) is 9.91. The van der Waals surface area contributed by atoms with E-state index in [9.17, 15) is 34.0 Å². The molecule has 0 aliphatic carbocycles. The zero-order valence-corrected chi connectivity index (χ0v) is 22.0.